The number of benzene rings is 2. The van der Waals surface area contributed by atoms with Crippen LogP contribution >= 0.6 is 11.6 Å². The molecule has 3 rings (SSSR count). The van der Waals surface area contributed by atoms with Crippen molar-refractivity contribution in [3.8, 4) is 5.75 Å². The zero-order chi connectivity index (χ0) is 22.9. The summed E-state index contributed by atoms with van der Waals surface area (Å²) in [5, 5.41) is 3.35. The average molecular weight is 457 g/mol. The quantitative estimate of drug-likeness (QED) is 0.333. The third-order valence-electron chi connectivity index (χ3n) is 5.27. The molecule has 0 aliphatic heterocycles. The van der Waals surface area contributed by atoms with E-state index in [-0.39, 0.29) is 18.5 Å². The number of ether oxygens (including phenoxy) is 1. The zero-order valence-electron chi connectivity index (χ0n) is 18.5. The molecule has 3 amide bonds. The molecule has 1 N–H and O–H groups in total. The number of halogens is 1. The molecule has 0 spiro atoms. The summed E-state index contributed by atoms with van der Waals surface area (Å²) < 4.78 is 5.78. The minimum Gasteiger partial charge on any atom is -0.494 e. The van der Waals surface area contributed by atoms with Gasteiger partial charge in [0.1, 0.15) is 5.75 Å². The van der Waals surface area contributed by atoms with E-state index in [4.69, 9.17) is 16.3 Å². The van der Waals surface area contributed by atoms with Crippen LogP contribution < -0.4 is 10.1 Å². The van der Waals surface area contributed by atoms with E-state index in [1.807, 2.05) is 31.2 Å². The van der Waals surface area contributed by atoms with Gasteiger partial charge in [-0.1, -0.05) is 36.6 Å². The Bertz CT molecular complexity index is 927. The molecule has 1 aliphatic carbocycles. The minimum atomic E-state index is -0.353. The fourth-order valence-electron chi connectivity index (χ4n) is 2.94. The van der Waals surface area contributed by atoms with Crippen LogP contribution in [0.4, 0.5) is 10.5 Å². The topological polar surface area (TPSA) is 74.2 Å². The first-order chi connectivity index (χ1) is 15.5. The molecule has 0 saturated heterocycles. The summed E-state index contributed by atoms with van der Waals surface area (Å²) in [7, 11) is 1.67. The molecule has 170 valence electrons. The third-order valence-corrected chi connectivity index (χ3v) is 5.52. The summed E-state index contributed by atoms with van der Waals surface area (Å²) in [6, 6.07) is 14.1. The predicted molar refractivity (Wildman–Crippen MR) is 126 cm³/mol. The number of aliphatic imine (C=N–C) groups is 1. The fraction of sp³-hybridized carbons (Fsp3) is 0.375. The van der Waals surface area contributed by atoms with Crippen LogP contribution in [0.5, 0.6) is 5.75 Å². The van der Waals surface area contributed by atoms with E-state index in [0.29, 0.717) is 30.3 Å². The molecule has 0 heterocycles. The first-order valence-electron chi connectivity index (χ1n) is 10.8. The first-order valence-corrected chi connectivity index (χ1v) is 11.2. The number of amides is 3. The lowest BCUT2D eigenvalue weighted by Gasteiger charge is -2.23. The van der Waals surface area contributed by atoms with E-state index in [1.54, 1.807) is 31.3 Å². The second-order valence-electron chi connectivity index (χ2n) is 7.81. The Balaban J connectivity index is 1.76. The van der Waals surface area contributed by atoms with Crippen LogP contribution in [0, 0.1) is 5.92 Å². The van der Waals surface area contributed by atoms with Crippen molar-refractivity contribution in [2.45, 2.75) is 32.7 Å². The van der Waals surface area contributed by atoms with Crippen molar-refractivity contribution in [3.63, 3.8) is 0 Å². The summed E-state index contributed by atoms with van der Waals surface area (Å²) in [6.45, 7) is 3.32. The smallest absolute Gasteiger partial charge is 0.323 e. The lowest BCUT2D eigenvalue weighted by atomic mass is 10.2. The largest absolute Gasteiger partial charge is 0.494 e. The monoisotopic (exact) mass is 456 g/mol. The molecule has 2 aromatic rings. The number of nitrogens with zero attached hydrogens (tertiary/aromatic N) is 3. The summed E-state index contributed by atoms with van der Waals surface area (Å²) in [4.78, 5) is 31.8. The van der Waals surface area contributed by atoms with Crippen molar-refractivity contribution in [1.82, 2.24) is 15.1 Å². The van der Waals surface area contributed by atoms with Crippen molar-refractivity contribution in [3.05, 3.63) is 59.1 Å². The number of carbonyl (C=O) groups excluding carboxylic acids is 2. The number of rotatable bonds is 9. The summed E-state index contributed by atoms with van der Waals surface area (Å²) in [6.07, 6.45) is 4.35. The average Bonchev–Trinajstić information content (AvgIpc) is 3.63. The molecule has 1 fully saturated rings. The molecule has 7 nitrogen and oxygen atoms in total. The molecule has 0 aromatic heterocycles. The van der Waals surface area contributed by atoms with Crippen LogP contribution in [-0.4, -0.2) is 48.4 Å². The highest BCUT2D eigenvalue weighted by Gasteiger charge is 2.20. The number of guanidine groups is 1. The van der Waals surface area contributed by atoms with Gasteiger partial charge in [0.05, 0.1) is 18.8 Å². The normalized spacial score (nSPS) is 13.4. The molecule has 32 heavy (non-hydrogen) atoms. The van der Waals surface area contributed by atoms with Gasteiger partial charge >= 0.3 is 6.03 Å². The Morgan fingerprint density at radius 2 is 1.88 bits per heavy atom. The van der Waals surface area contributed by atoms with Crippen LogP contribution in [0.3, 0.4) is 0 Å². The maximum atomic E-state index is 12.5. The Labute approximate surface area is 194 Å². The Hall–Kier alpha value is -3.06. The molecule has 0 radical (unpaired) electrons. The minimum absolute atomic E-state index is 0.141. The molecular weight excluding hydrogens is 428 g/mol. The highest BCUT2D eigenvalue weighted by molar-refractivity contribution is 6.30. The van der Waals surface area contributed by atoms with E-state index in [1.165, 1.54) is 22.6 Å². The van der Waals surface area contributed by atoms with Crippen molar-refractivity contribution in [2.75, 3.05) is 20.2 Å². The third kappa shape index (κ3) is 7.27. The van der Waals surface area contributed by atoms with E-state index in [0.717, 1.165) is 23.7 Å². The van der Waals surface area contributed by atoms with Crippen LogP contribution in [-0.2, 0) is 11.3 Å². The van der Waals surface area contributed by atoms with Crippen molar-refractivity contribution in [2.24, 2.45) is 10.9 Å². The maximum Gasteiger partial charge on any atom is 0.323 e. The molecule has 0 bridgehead atoms. The summed E-state index contributed by atoms with van der Waals surface area (Å²) >= 11 is 5.95. The standard InChI is InChI=1S/C24H29ClN4O3/c1-3-28(2)24(31)27-23(29(17-30)16-19-6-8-20(25)9-7-19)26-21-10-12-22(13-11-21)32-15-14-18-4-5-18/h6-13,17-18H,3-5,14-16H2,1-2H3,(H,26,27,31). The molecule has 8 heteroatoms. The van der Waals surface area contributed by atoms with E-state index in [2.05, 4.69) is 10.3 Å². The predicted octanol–water partition coefficient (Wildman–Crippen LogP) is 4.83. The second kappa shape index (κ2) is 11.5. The van der Waals surface area contributed by atoms with Gasteiger partial charge in [-0.15, -0.1) is 0 Å². The number of hydrogen-bond acceptors (Lipinski definition) is 4. The van der Waals surface area contributed by atoms with Gasteiger partial charge in [-0.05, 0) is 61.2 Å². The Kier molecular flexibility index (Phi) is 8.50. The highest BCUT2D eigenvalue weighted by atomic mass is 35.5. The highest BCUT2D eigenvalue weighted by Crippen LogP contribution is 2.32. The molecule has 0 atom stereocenters. The molecule has 2 aromatic carbocycles. The van der Waals surface area contributed by atoms with Gasteiger partial charge in [0.15, 0.2) is 0 Å². The summed E-state index contributed by atoms with van der Waals surface area (Å²) in [5.41, 5.74) is 1.45. The van der Waals surface area contributed by atoms with Gasteiger partial charge in [0, 0.05) is 18.6 Å². The lowest BCUT2D eigenvalue weighted by molar-refractivity contribution is -0.115. The van der Waals surface area contributed by atoms with Gasteiger partial charge < -0.3 is 9.64 Å². The van der Waals surface area contributed by atoms with Gasteiger partial charge in [-0.2, -0.15) is 0 Å². The van der Waals surface area contributed by atoms with Crippen LogP contribution in [0.15, 0.2) is 53.5 Å². The molecule has 1 saturated carbocycles. The lowest BCUT2D eigenvalue weighted by Crippen LogP contribution is -2.47. The van der Waals surface area contributed by atoms with Crippen LogP contribution in [0.1, 0.15) is 31.7 Å². The summed E-state index contributed by atoms with van der Waals surface area (Å²) in [5.74, 6) is 1.73. The molecule has 1 aliphatic rings. The van der Waals surface area contributed by atoms with Crippen LogP contribution in [0.25, 0.3) is 0 Å². The number of carbonyl (C=O) groups is 2. The Morgan fingerprint density at radius 3 is 2.47 bits per heavy atom. The second-order valence-corrected chi connectivity index (χ2v) is 8.25. The number of nitrogens with one attached hydrogen (secondary N) is 1. The number of hydrogen-bond donors (Lipinski definition) is 1. The maximum absolute atomic E-state index is 12.5. The van der Waals surface area contributed by atoms with E-state index < -0.39 is 0 Å². The van der Waals surface area contributed by atoms with E-state index >= 15 is 0 Å². The van der Waals surface area contributed by atoms with Gasteiger partial charge in [-0.25, -0.2) is 9.79 Å². The van der Waals surface area contributed by atoms with Gasteiger partial charge in [0.25, 0.3) is 0 Å². The van der Waals surface area contributed by atoms with E-state index in [9.17, 15) is 9.59 Å². The SMILES string of the molecule is CCN(C)C(=O)NC(=Nc1ccc(OCCC2CC2)cc1)N(C=O)Cc1ccc(Cl)cc1. The van der Waals surface area contributed by atoms with Gasteiger partial charge in [0.2, 0.25) is 12.4 Å². The number of urea groups is 1. The van der Waals surface area contributed by atoms with Crippen molar-refractivity contribution in [1.29, 1.82) is 0 Å². The zero-order valence-corrected chi connectivity index (χ0v) is 19.2. The van der Waals surface area contributed by atoms with Crippen LogP contribution in [0.2, 0.25) is 5.02 Å². The first kappa shape index (κ1) is 23.6. The fourth-order valence-corrected chi connectivity index (χ4v) is 3.06. The van der Waals surface area contributed by atoms with Crippen molar-refractivity contribution >= 4 is 35.7 Å². The van der Waals surface area contributed by atoms with Gasteiger partial charge in [-0.3, -0.25) is 15.0 Å². The van der Waals surface area contributed by atoms with Crippen molar-refractivity contribution < 1.29 is 14.3 Å². The molecular formula is C24H29ClN4O3. The molecule has 0 unspecified atom stereocenters. The Morgan fingerprint density at radius 1 is 1.19 bits per heavy atom.